The summed E-state index contributed by atoms with van der Waals surface area (Å²) < 4.78 is 20.2. The molecule has 102 valence electrons. The van der Waals surface area contributed by atoms with E-state index in [-0.39, 0.29) is 11.7 Å². The minimum Gasteiger partial charge on any atom is -0.367 e. The van der Waals surface area contributed by atoms with Crippen LogP contribution in [0.1, 0.15) is 38.2 Å². The highest BCUT2D eigenvalue weighted by Crippen LogP contribution is 2.37. The topological polar surface area (TPSA) is 9.23 Å². The van der Waals surface area contributed by atoms with Crippen LogP contribution in [0, 0.1) is 0 Å². The summed E-state index contributed by atoms with van der Waals surface area (Å²) in [7, 11) is 0. The second kappa shape index (κ2) is 6.16. The van der Waals surface area contributed by atoms with Gasteiger partial charge in [0.25, 0.3) is 0 Å². The van der Waals surface area contributed by atoms with Crippen LogP contribution in [-0.4, -0.2) is 12.2 Å². The van der Waals surface area contributed by atoms with E-state index in [9.17, 15) is 4.39 Å². The Morgan fingerprint density at radius 3 is 2.53 bits per heavy atom. The molecule has 2 heteroatoms. The molecular formula is C17H21FO. The first-order chi connectivity index (χ1) is 9.21. The Morgan fingerprint density at radius 2 is 1.95 bits per heavy atom. The van der Waals surface area contributed by atoms with Gasteiger partial charge in [0, 0.05) is 6.61 Å². The van der Waals surface area contributed by atoms with Crippen molar-refractivity contribution in [2.75, 3.05) is 6.61 Å². The van der Waals surface area contributed by atoms with E-state index in [1.165, 1.54) is 0 Å². The van der Waals surface area contributed by atoms with Crippen molar-refractivity contribution in [1.29, 1.82) is 0 Å². The highest BCUT2D eigenvalue weighted by molar-refractivity contribution is 5.38. The van der Waals surface area contributed by atoms with Gasteiger partial charge in [0.2, 0.25) is 0 Å². The Kier molecular flexibility index (Phi) is 4.54. The Morgan fingerprint density at radius 1 is 1.21 bits per heavy atom. The van der Waals surface area contributed by atoms with Crippen molar-refractivity contribution in [1.82, 2.24) is 0 Å². The molecule has 1 aromatic carbocycles. The van der Waals surface area contributed by atoms with Gasteiger partial charge in [-0.3, -0.25) is 0 Å². The maximum Gasteiger partial charge on any atom is 0.110 e. The third kappa shape index (κ3) is 3.13. The molecule has 0 radical (unpaired) electrons. The van der Waals surface area contributed by atoms with Crippen molar-refractivity contribution in [2.24, 2.45) is 0 Å². The minimum atomic E-state index is -0.557. The summed E-state index contributed by atoms with van der Waals surface area (Å²) in [5.41, 5.74) is 0.424. The smallest absolute Gasteiger partial charge is 0.110 e. The Labute approximate surface area is 114 Å². The van der Waals surface area contributed by atoms with Gasteiger partial charge in [-0.15, -0.1) is 0 Å². The van der Waals surface area contributed by atoms with Gasteiger partial charge in [0.15, 0.2) is 0 Å². The summed E-state index contributed by atoms with van der Waals surface area (Å²) in [6.07, 6.45) is 7.37. The molecule has 2 atom stereocenters. The zero-order valence-electron chi connectivity index (χ0n) is 11.6. The maximum atomic E-state index is 14.4. The van der Waals surface area contributed by atoms with Crippen molar-refractivity contribution in [3.8, 4) is 0 Å². The lowest BCUT2D eigenvalue weighted by Gasteiger charge is -2.31. The van der Waals surface area contributed by atoms with Gasteiger partial charge in [0.1, 0.15) is 11.4 Å². The third-order valence-electron chi connectivity index (χ3n) is 3.46. The van der Waals surface area contributed by atoms with Crippen LogP contribution in [0.25, 0.3) is 0 Å². The fourth-order valence-electron chi connectivity index (χ4n) is 2.63. The molecular weight excluding hydrogens is 239 g/mol. The molecule has 0 heterocycles. The summed E-state index contributed by atoms with van der Waals surface area (Å²) in [4.78, 5) is 0. The van der Waals surface area contributed by atoms with E-state index in [1.807, 2.05) is 49.4 Å². The molecule has 0 saturated carbocycles. The lowest BCUT2D eigenvalue weighted by molar-refractivity contribution is 0.0263. The number of allylic oxidation sites excluding steroid dienone is 2. The molecule has 0 saturated heterocycles. The van der Waals surface area contributed by atoms with E-state index in [1.54, 1.807) is 6.08 Å². The van der Waals surface area contributed by atoms with Crippen LogP contribution in [-0.2, 0) is 4.74 Å². The number of hydrogen-bond acceptors (Lipinski definition) is 1. The monoisotopic (exact) mass is 260 g/mol. The number of halogens is 1. The van der Waals surface area contributed by atoms with Gasteiger partial charge in [-0.25, -0.2) is 4.39 Å². The van der Waals surface area contributed by atoms with Gasteiger partial charge in [0.05, 0.1) is 5.92 Å². The molecule has 0 N–H and O–H groups in total. The van der Waals surface area contributed by atoms with Crippen LogP contribution in [0.5, 0.6) is 0 Å². The largest absolute Gasteiger partial charge is 0.367 e. The minimum absolute atomic E-state index is 0.115. The quantitative estimate of drug-likeness (QED) is 0.693. The van der Waals surface area contributed by atoms with Crippen LogP contribution >= 0.6 is 0 Å². The predicted octanol–water partition coefficient (Wildman–Crippen LogP) is 4.77. The fraction of sp³-hybridized carbons (Fsp3) is 0.412. The van der Waals surface area contributed by atoms with Crippen molar-refractivity contribution >= 4 is 0 Å². The van der Waals surface area contributed by atoms with E-state index >= 15 is 0 Å². The second-order valence-electron chi connectivity index (χ2n) is 4.91. The number of ether oxygens (including phenoxy) is 1. The van der Waals surface area contributed by atoms with Crippen molar-refractivity contribution in [3.05, 3.63) is 60.0 Å². The predicted molar refractivity (Wildman–Crippen MR) is 76.8 cm³/mol. The summed E-state index contributed by atoms with van der Waals surface area (Å²) in [6, 6.07) is 9.73. The van der Waals surface area contributed by atoms with Crippen LogP contribution in [0.4, 0.5) is 4.39 Å². The molecule has 19 heavy (non-hydrogen) atoms. The molecule has 2 unspecified atom stereocenters. The number of benzene rings is 1. The van der Waals surface area contributed by atoms with Gasteiger partial charge in [-0.1, -0.05) is 55.8 Å². The normalized spacial score (nSPS) is 26.3. The van der Waals surface area contributed by atoms with Gasteiger partial charge in [-0.2, -0.15) is 0 Å². The van der Waals surface area contributed by atoms with E-state index in [0.717, 1.165) is 18.4 Å². The molecule has 0 aliphatic heterocycles. The second-order valence-corrected chi connectivity index (χ2v) is 4.91. The highest BCUT2D eigenvalue weighted by Gasteiger charge is 2.31. The summed E-state index contributed by atoms with van der Waals surface area (Å²) in [6.45, 7) is 4.62. The van der Waals surface area contributed by atoms with Gasteiger partial charge < -0.3 is 4.74 Å². The fourth-order valence-corrected chi connectivity index (χ4v) is 2.63. The molecule has 0 bridgehead atoms. The molecule has 1 aliphatic rings. The SMILES string of the molecule is CCCC1(OCC)C=CC(c2ccccc2)C(F)=C1. The van der Waals surface area contributed by atoms with Crippen molar-refractivity contribution in [3.63, 3.8) is 0 Å². The average molecular weight is 260 g/mol. The zero-order chi connectivity index (χ0) is 13.7. The maximum absolute atomic E-state index is 14.4. The molecule has 1 nitrogen and oxygen atoms in total. The van der Waals surface area contributed by atoms with Gasteiger partial charge >= 0.3 is 0 Å². The lowest BCUT2D eigenvalue weighted by atomic mass is 9.85. The standard InChI is InChI=1S/C17H21FO/c1-3-11-17(19-4-2)12-10-15(16(18)13-17)14-8-6-5-7-9-14/h5-10,12-13,15H,3-4,11H2,1-2H3. The first-order valence-electron chi connectivity index (χ1n) is 6.97. The van der Waals surface area contributed by atoms with Crippen LogP contribution in [0.15, 0.2) is 54.4 Å². The number of hydrogen-bond donors (Lipinski definition) is 0. The lowest BCUT2D eigenvalue weighted by Crippen LogP contribution is -2.30. The molecule has 0 aromatic heterocycles. The Balaban J connectivity index is 2.25. The molecule has 0 spiro atoms. The molecule has 0 fully saturated rings. The molecule has 1 aromatic rings. The van der Waals surface area contributed by atoms with Crippen molar-refractivity contribution < 1.29 is 9.13 Å². The van der Waals surface area contributed by atoms with E-state index in [2.05, 4.69) is 6.92 Å². The van der Waals surface area contributed by atoms with E-state index in [4.69, 9.17) is 4.74 Å². The van der Waals surface area contributed by atoms with Crippen LogP contribution < -0.4 is 0 Å². The molecule has 0 amide bonds. The Bertz CT molecular complexity index is 455. The van der Waals surface area contributed by atoms with Crippen molar-refractivity contribution in [2.45, 2.75) is 38.2 Å². The van der Waals surface area contributed by atoms with Crippen LogP contribution in [0.2, 0.25) is 0 Å². The third-order valence-corrected chi connectivity index (χ3v) is 3.46. The number of rotatable bonds is 5. The first kappa shape index (κ1) is 14.0. The molecule has 2 rings (SSSR count). The summed E-state index contributed by atoms with van der Waals surface area (Å²) >= 11 is 0. The Hall–Kier alpha value is -1.41. The summed E-state index contributed by atoms with van der Waals surface area (Å²) in [5.74, 6) is -0.387. The zero-order valence-corrected chi connectivity index (χ0v) is 11.6. The molecule has 1 aliphatic carbocycles. The first-order valence-corrected chi connectivity index (χ1v) is 6.97. The highest BCUT2D eigenvalue weighted by atomic mass is 19.1. The summed E-state index contributed by atoms with van der Waals surface area (Å²) in [5, 5.41) is 0. The van der Waals surface area contributed by atoms with E-state index in [0.29, 0.717) is 6.61 Å². The van der Waals surface area contributed by atoms with Gasteiger partial charge in [-0.05, 0) is 25.0 Å². The van der Waals surface area contributed by atoms with E-state index < -0.39 is 5.60 Å². The average Bonchev–Trinajstić information content (AvgIpc) is 2.40. The van der Waals surface area contributed by atoms with Crippen LogP contribution in [0.3, 0.4) is 0 Å².